The maximum atomic E-state index is 9.60. The molecule has 0 saturated carbocycles. The first-order valence-corrected chi connectivity index (χ1v) is 6.13. The molecule has 0 aromatic heterocycles. The van der Waals surface area contributed by atoms with Gasteiger partial charge in [-0.1, -0.05) is 26.0 Å². The smallest absolute Gasteiger partial charge is 0.115 e. The van der Waals surface area contributed by atoms with Crippen molar-refractivity contribution in [3.63, 3.8) is 0 Å². The lowest BCUT2D eigenvalue weighted by Gasteiger charge is -2.31. The molecule has 88 valence electrons. The Bertz CT molecular complexity index is 354. The molecule has 16 heavy (non-hydrogen) atoms. The highest BCUT2D eigenvalue weighted by Crippen LogP contribution is 2.37. The third-order valence-electron chi connectivity index (χ3n) is 3.50. The molecular weight excluding hydrogens is 198 g/mol. The number of phenolic OH excluding ortho intramolecular Hbond substituents is 1. The highest BCUT2D eigenvalue weighted by atomic mass is 16.3. The van der Waals surface area contributed by atoms with Crippen molar-refractivity contribution >= 4 is 0 Å². The molecule has 0 spiro atoms. The molecular formula is C14H21NO. The molecule has 2 N–H and O–H groups in total. The van der Waals surface area contributed by atoms with Crippen molar-refractivity contribution < 1.29 is 5.11 Å². The Labute approximate surface area is 97.7 Å². The van der Waals surface area contributed by atoms with E-state index in [1.807, 2.05) is 12.1 Å². The minimum atomic E-state index is 0.229. The zero-order chi connectivity index (χ0) is 11.6. The van der Waals surface area contributed by atoms with Crippen LogP contribution in [0.1, 0.15) is 32.3 Å². The lowest BCUT2D eigenvalue weighted by Crippen LogP contribution is -2.30. The molecule has 2 heteroatoms. The predicted molar refractivity (Wildman–Crippen MR) is 66.7 cm³/mol. The van der Waals surface area contributed by atoms with Crippen LogP contribution in [0.3, 0.4) is 0 Å². The summed E-state index contributed by atoms with van der Waals surface area (Å²) >= 11 is 0. The summed E-state index contributed by atoms with van der Waals surface area (Å²) in [6.45, 7) is 6.66. The summed E-state index contributed by atoms with van der Waals surface area (Å²) in [7, 11) is 0. The summed E-state index contributed by atoms with van der Waals surface area (Å²) in [5, 5.41) is 13.1. The molecule has 1 atom stereocenters. The van der Waals surface area contributed by atoms with Gasteiger partial charge in [-0.05, 0) is 43.0 Å². The Morgan fingerprint density at radius 1 is 1.44 bits per heavy atom. The highest BCUT2D eigenvalue weighted by molar-refractivity contribution is 5.34. The van der Waals surface area contributed by atoms with Gasteiger partial charge in [0, 0.05) is 12.0 Å². The molecule has 0 aliphatic carbocycles. The number of phenols is 1. The fourth-order valence-corrected chi connectivity index (χ4v) is 2.90. The van der Waals surface area contributed by atoms with Crippen LogP contribution in [0.2, 0.25) is 0 Å². The summed E-state index contributed by atoms with van der Waals surface area (Å²) in [5.74, 6) is 1.06. The summed E-state index contributed by atoms with van der Waals surface area (Å²) in [6.07, 6.45) is 2.36. The number of hydrogen-bond donors (Lipinski definition) is 2. The van der Waals surface area contributed by atoms with Crippen LogP contribution in [0.25, 0.3) is 0 Å². The van der Waals surface area contributed by atoms with E-state index in [0.717, 1.165) is 13.1 Å². The van der Waals surface area contributed by atoms with Crippen molar-refractivity contribution in [2.24, 2.45) is 5.92 Å². The van der Waals surface area contributed by atoms with Gasteiger partial charge in [0.25, 0.3) is 0 Å². The molecule has 1 aromatic rings. The maximum absolute atomic E-state index is 9.60. The largest absolute Gasteiger partial charge is 0.508 e. The maximum Gasteiger partial charge on any atom is 0.115 e. The highest BCUT2D eigenvalue weighted by Gasteiger charge is 2.36. The second kappa shape index (κ2) is 4.46. The quantitative estimate of drug-likeness (QED) is 0.819. The van der Waals surface area contributed by atoms with Gasteiger partial charge in [0.1, 0.15) is 5.75 Å². The molecule has 1 aliphatic heterocycles. The fraction of sp³-hybridized carbons (Fsp3) is 0.571. The van der Waals surface area contributed by atoms with Crippen molar-refractivity contribution in [3.8, 4) is 5.75 Å². The van der Waals surface area contributed by atoms with Crippen LogP contribution in [-0.2, 0) is 5.41 Å². The summed E-state index contributed by atoms with van der Waals surface area (Å²) < 4.78 is 0. The number of benzene rings is 1. The van der Waals surface area contributed by atoms with Crippen molar-refractivity contribution in [1.82, 2.24) is 5.32 Å². The van der Waals surface area contributed by atoms with Crippen LogP contribution in [0.5, 0.6) is 5.75 Å². The summed E-state index contributed by atoms with van der Waals surface area (Å²) in [5.41, 5.74) is 1.51. The molecule has 1 aromatic carbocycles. The van der Waals surface area contributed by atoms with Crippen molar-refractivity contribution in [2.75, 3.05) is 13.1 Å². The predicted octanol–water partition coefficient (Wildman–Crippen LogP) is 2.67. The van der Waals surface area contributed by atoms with Crippen LogP contribution in [0.4, 0.5) is 0 Å². The third kappa shape index (κ3) is 2.22. The molecule has 0 bridgehead atoms. The van der Waals surface area contributed by atoms with Gasteiger partial charge in [0.2, 0.25) is 0 Å². The van der Waals surface area contributed by atoms with E-state index in [-0.39, 0.29) is 5.41 Å². The van der Waals surface area contributed by atoms with Crippen LogP contribution >= 0.6 is 0 Å². The van der Waals surface area contributed by atoms with E-state index >= 15 is 0 Å². The molecule has 2 rings (SSSR count). The first-order chi connectivity index (χ1) is 7.62. The molecule has 1 fully saturated rings. The second-order valence-electron chi connectivity index (χ2n) is 5.36. The van der Waals surface area contributed by atoms with E-state index < -0.39 is 0 Å². The summed E-state index contributed by atoms with van der Waals surface area (Å²) in [6, 6.07) is 7.77. The van der Waals surface area contributed by atoms with Gasteiger partial charge in [-0.25, -0.2) is 0 Å². The van der Waals surface area contributed by atoms with Crippen LogP contribution in [-0.4, -0.2) is 18.2 Å². The van der Waals surface area contributed by atoms with E-state index in [1.165, 1.54) is 18.4 Å². The number of rotatable bonds is 3. The monoisotopic (exact) mass is 219 g/mol. The second-order valence-corrected chi connectivity index (χ2v) is 5.36. The van der Waals surface area contributed by atoms with Crippen LogP contribution in [0, 0.1) is 5.92 Å². The zero-order valence-electron chi connectivity index (χ0n) is 10.2. The van der Waals surface area contributed by atoms with Gasteiger partial charge >= 0.3 is 0 Å². The van der Waals surface area contributed by atoms with E-state index in [9.17, 15) is 5.11 Å². The van der Waals surface area contributed by atoms with Gasteiger partial charge < -0.3 is 10.4 Å². The van der Waals surface area contributed by atoms with E-state index in [4.69, 9.17) is 0 Å². The van der Waals surface area contributed by atoms with Gasteiger partial charge in [-0.2, -0.15) is 0 Å². The fourth-order valence-electron chi connectivity index (χ4n) is 2.90. The Balaban J connectivity index is 2.31. The van der Waals surface area contributed by atoms with Crippen molar-refractivity contribution in [2.45, 2.75) is 32.1 Å². The topological polar surface area (TPSA) is 32.3 Å². The molecule has 1 saturated heterocycles. The average Bonchev–Trinajstić information content (AvgIpc) is 2.66. The van der Waals surface area contributed by atoms with E-state index in [0.29, 0.717) is 11.7 Å². The zero-order valence-corrected chi connectivity index (χ0v) is 10.2. The Kier molecular flexibility index (Phi) is 3.20. The normalized spacial score (nSPS) is 25.2. The molecule has 1 aliphatic rings. The standard InChI is InChI=1S/C14H21NO/c1-11(2)9-14(6-7-15-10-14)12-4-3-5-13(16)8-12/h3-5,8,11,15-16H,6-7,9-10H2,1-2H3/t14-/m0/s1. The molecule has 0 radical (unpaired) electrons. The molecule has 0 unspecified atom stereocenters. The molecule has 1 heterocycles. The number of nitrogens with one attached hydrogen (secondary N) is 1. The lowest BCUT2D eigenvalue weighted by molar-refractivity contribution is 0.365. The first-order valence-electron chi connectivity index (χ1n) is 6.13. The minimum absolute atomic E-state index is 0.229. The Morgan fingerprint density at radius 2 is 2.25 bits per heavy atom. The first kappa shape index (κ1) is 11.5. The minimum Gasteiger partial charge on any atom is -0.508 e. The molecule has 0 amide bonds. The number of aromatic hydroxyl groups is 1. The van der Waals surface area contributed by atoms with E-state index in [2.05, 4.69) is 25.2 Å². The van der Waals surface area contributed by atoms with Gasteiger partial charge in [0.05, 0.1) is 0 Å². The SMILES string of the molecule is CC(C)C[C@@]1(c2cccc(O)c2)CCNC1. The Morgan fingerprint density at radius 3 is 2.81 bits per heavy atom. The van der Waals surface area contributed by atoms with Crippen LogP contribution in [0.15, 0.2) is 24.3 Å². The van der Waals surface area contributed by atoms with Gasteiger partial charge in [0.15, 0.2) is 0 Å². The lowest BCUT2D eigenvalue weighted by atomic mass is 9.74. The molecule has 2 nitrogen and oxygen atoms in total. The summed E-state index contributed by atoms with van der Waals surface area (Å²) in [4.78, 5) is 0. The average molecular weight is 219 g/mol. The number of hydrogen-bond acceptors (Lipinski definition) is 2. The van der Waals surface area contributed by atoms with Crippen molar-refractivity contribution in [1.29, 1.82) is 0 Å². The Hall–Kier alpha value is -1.02. The van der Waals surface area contributed by atoms with Gasteiger partial charge in [-0.3, -0.25) is 0 Å². The van der Waals surface area contributed by atoms with E-state index in [1.54, 1.807) is 6.07 Å². The van der Waals surface area contributed by atoms with Crippen molar-refractivity contribution in [3.05, 3.63) is 29.8 Å². The third-order valence-corrected chi connectivity index (χ3v) is 3.50. The van der Waals surface area contributed by atoms with Gasteiger partial charge in [-0.15, -0.1) is 0 Å². The van der Waals surface area contributed by atoms with Crippen LogP contribution < -0.4 is 5.32 Å².